The Kier molecular flexibility index (Phi) is 9.28. The van der Waals surface area contributed by atoms with Crippen LogP contribution in [0.25, 0.3) is 0 Å². The minimum atomic E-state index is -0.983. The van der Waals surface area contributed by atoms with Crippen LogP contribution in [0, 0.1) is 0 Å². The van der Waals surface area contributed by atoms with E-state index in [-0.39, 0.29) is 13.2 Å². The van der Waals surface area contributed by atoms with E-state index in [0.29, 0.717) is 13.0 Å². The van der Waals surface area contributed by atoms with E-state index < -0.39 is 48.7 Å². The van der Waals surface area contributed by atoms with Gasteiger partial charge in [-0.1, -0.05) is 36.4 Å². The quantitative estimate of drug-likeness (QED) is 0.324. The van der Waals surface area contributed by atoms with Crippen molar-refractivity contribution in [3.63, 3.8) is 0 Å². The first kappa shape index (κ1) is 26.0. The number of benzene rings is 1. The van der Waals surface area contributed by atoms with Crippen LogP contribution in [-0.4, -0.2) is 69.0 Å². The molecule has 10 nitrogen and oxygen atoms in total. The molecular weight excluding hydrogens is 446 g/mol. The Morgan fingerprint density at radius 3 is 2.74 bits per heavy atom. The molecule has 0 unspecified atom stereocenters. The highest BCUT2D eigenvalue weighted by Crippen LogP contribution is 2.34. The maximum atomic E-state index is 12.7. The molecular formula is C24H33NO9. The van der Waals surface area contributed by atoms with Gasteiger partial charge in [-0.25, -0.2) is 9.59 Å². The molecule has 1 aromatic rings. The number of amides is 1. The van der Waals surface area contributed by atoms with Crippen LogP contribution in [0.5, 0.6) is 0 Å². The van der Waals surface area contributed by atoms with Gasteiger partial charge in [0.2, 0.25) is 0 Å². The van der Waals surface area contributed by atoms with E-state index in [9.17, 15) is 9.59 Å². The van der Waals surface area contributed by atoms with Gasteiger partial charge in [0.05, 0.1) is 20.3 Å². The van der Waals surface area contributed by atoms with Crippen LogP contribution in [-0.2, 0) is 39.8 Å². The lowest BCUT2D eigenvalue weighted by Crippen LogP contribution is -2.69. The number of methoxy groups -OCH3 is 1. The Balaban J connectivity index is 1.78. The second-order valence-electron chi connectivity index (χ2n) is 8.41. The number of carbonyl (C=O) groups excluding carboxylic acids is 2. The molecule has 0 aromatic heterocycles. The van der Waals surface area contributed by atoms with E-state index in [1.807, 2.05) is 30.3 Å². The molecule has 10 heteroatoms. The average Bonchev–Trinajstić information content (AvgIpc) is 2.82. The topological polar surface area (TPSA) is 111 Å². The number of allylic oxidation sites excluding steroid dienone is 1. The number of ether oxygens (including phenoxy) is 7. The highest BCUT2D eigenvalue weighted by atomic mass is 16.8. The molecule has 1 aromatic carbocycles. The van der Waals surface area contributed by atoms with Crippen LogP contribution in [0.2, 0.25) is 0 Å². The van der Waals surface area contributed by atoms with Crippen molar-refractivity contribution in [2.45, 2.75) is 69.7 Å². The molecule has 2 saturated heterocycles. The van der Waals surface area contributed by atoms with Crippen molar-refractivity contribution >= 4 is 12.2 Å². The summed E-state index contributed by atoms with van der Waals surface area (Å²) in [6, 6.07) is 8.33. The molecule has 2 aliphatic rings. The van der Waals surface area contributed by atoms with Crippen molar-refractivity contribution in [3.8, 4) is 0 Å². The lowest BCUT2D eigenvalue weighted by Gasteiger charge is -2.50. The first-order valence-corrected chi connectivity index (χ1v) is 11.2. The Hall–Kier alpha value is -2.66. The van der Waals surface area contributed by atoms with Gasteiger partial charge in [0, 0.05) is 0 Å². The molecule has 2 heterocycles. The molecule has 2 aliphatic heterocycles. The standard InChI is InChI=1S/C24H33NO9/c1-5-6-10-13-29-21-18(25-22(26)30-14-16-11-8-7-9-12-16)20(33-23(27)28-4)19-17(32-21)15-31-24(2,3)34-19/h5,7-9,11-12,17-21H,1,6,10,13-15H2,2-4H3,(H,25,26)/t17-,18+,19-,20-,21-/m1/s1. The third-order valence-corrected chi connectivity index (χ3v) is 5.39. The summed E-state index contributed by atoms with van der Waals surface area (Å²) < 4.78 is 39.4. The zero-order valence-electron chi connectivity index (χ0n) is 19.8. The summed E-state index contributed by atoms with van der Waals surface area (Å²) in [5.41, 5.74) is 0.826. The highest BCUT2D eigenvalue weighted by molar-refractivity contribution is 5.68. The number of alkyl carbamates (subject to hydrolysis) is 1. The Morgan fingerprint density at radius 2 is 2.03 bits per heavy atom. The van der Waals surface area contributed by atoms with Crippen LogP contribution in [0.3, 0.4) is 0 Å². The van der Waals surface area contributed by atoms with Gasteiger partial charge in [-0.05, 0) is 32.3 Å². The number of hydrogen-bond acceptors (Lipinski definition) is 9. The van der Waals surface area contributed by atoms with E-state index >= 15 is 0 Å². The van der Waals surface area contributed by atoms with E-state index in [2.05, 4.69) is 11.9 Å². The van der Waals surface area contributed by atoms with Gasteiger partial charge in [0.1, 0.15) is 24.9 Å². The van der Waals surface area contributed by atoms with Gasteiger partial charge in [-0.2, -0.15) is 0 Å². The predicted molar refractivity (Wildman–Crippen MR) is 120 cm³/mol. The van der Waals surface area contributed by atoms with E-state index in [0.717, 1.165) is 12.0 Å². The predicted octanol–water partition coefficient (Wildman–Crippen LogP) is 3.29. The van der Waals surface area contributed by atoms with Crippen molar-refractivity contribution in [1.82, 2.24) is 5.32 Å². The van der Waals surface area contributed by atoms with Gasteiger partial charge < -0.3 is 38.5 Å². The molecule has 0 aliphatic carbocycles. The summed E-state index contributed by atoms with van der Waals surface area (Å²) in [6.45, 7) is 7.78. The van der Waals surface area contributed by atoms with Gasteiger partial charge in [0.15, 0.2) is 18.2 Å². The monoisotopic (exact) mass is 479 g/mol. The van der Waals surface area contributed by atoms with E-state index in [1.165, 1.54) is 7.11 Å². The molecule has 0 bridgehead atoms. The molecule has 1 amide bonds. The summed E-state index contributed by atoms with van der Waals surface area (Å²) >= 11 is 0. The zero-order chi connectivity index (χ0) is 24.6. The molecule has 0 saturated carbocycles. The van der Waals surface area contributed by atoms with Crippen molar-refractivity contribution in [3.05, 3.63) is 48.6 Å². The Morgan fingerprint density at radius 1 is 1.26 bits per heavy atom. The molecule has 0 radical (unpaired) electrons. The smallest absolute Gasteiger partial charge is 0.445 e. The lowest BCUT2D eigenvalue weighted by molar-refractivity contribution is -0.368. The summed E-state index contributed by atoms with van der Waals surface area (Å²) in [5.74, 6) is -0.946. The first-order valence-electron chi connectivity index (χ1n) is 11.2. The average molecular weight is 480 g/mol. The molecule has 34 heavy (non-hydrogen) atoms. The van der Waals surface area contributed by atoms with Crippen molar-refractivity contribution in [1.29, 1.82) is 0 Å². The van der Waals surface area contributed by atoms with Gasteiger partial charge >= 0.3 is 12.2 Å². The van der Waals surface area contributed by atoms with Gasteiger partial charge in [-0.15, -0.1) is 6.58 Å². The molecule has 188 valence electrons. The zero-order valence-corrected chi connectivity index (χ0v) is 19.8. The number of nitrogens with one attached hydrogen (secondary N) is 1. The molecule has 2 fully saturated rings. The number of carbonyl (C=O) groups is 2. The van der Waals surface area contributed by atoms with Gasteiger partial charge in [0.25, 0.3) is 0 Å². The van der Waals surface area contributed by atoms with Crippen molar-refractivity contribution in [2.75, 3.05) is 20.3 Å². The summed E-state index contributed by atoms with van der Waals surface area (Å²) in [7, 11) is 1.20. The minimum Gasteiger partial charge on any atom is -0.445 e. The van der Waals surface area contributed by atoms with Crippen LogP contribution < -0.4 is 5.32 Å². The second kappa shape index (κ2) is 12.2. The number of fused-ring (bicyclic) bond motifs is 1. The fraction of sp³-hybridized carbons (Fsp3) is 0.583. The van der Waals surface area contributed by atoms with Crippen molar-refractivity contribution < 1.29 is 42.7 Å². The van der Waals surface area contributed by atoms with Crippen LogP contribution >= 0.6 is 0 Å². The first-order chi connectivity index (χ1) is 16.3. The SMILES string of the molecule is C=CCCCO[C@@H]1O[C@@H]2COC(C)(C)O[C@H]2[C@H](OC(=O)OC)[C@@H]1NC(=O)OCc1ccccc1. The normalized spacial score (nSPS) is 27.7. The fourth-order valence-electron chi connectivity index (χ4n) is 3.75. The second-order valence-corrected chi connectivity index (χ2v) is 8.41. The molecule has 0 spiro atoms. The largest absolute Gasteiger partial charge is 0.508 e. The highest BCUT2D eigenvalue weighted by Gasteiger charge is 2.54. The minimum absolute atomic E-state index is 0.0665. The van der Waals surface area contributed by atoms with Gasteiger partial charge in [-0.3, -0.25) is 0 Å². The number of unbranched alkanes of at least 4 members (excludes halogenated alkanes) is 1. The molecule has 5 atom stereocenters. The van der Waals surface area contributed by atoms with Crippen LogP contribution in [0.4, 0.5) is 9.59 Å². The van der Waals surface area contributed by atoms with E-state index in [1.54, 1.807) is 19.9 Å². The Labute approximate surface area is 199 Å². The van der Waals surface area contributed by atoms with E-state index in [4.69, 9.17) is 33.2 Å². The third-order valence-electron chi connectivity index (χ3n) is 5.39. The Bertz CT molecular complexity index is 816. The number of rotatable bonds is 9. The summed E-state index contributed by atoms with van der Waals surface area (Å²) in [6.07, 6.45) is -1.67. The summed E-state index contributed by atoms with van der Waals surface area (Å²) in [5, 5.41) is 2.74. The maximum Gasteiger partial charge on any atom is 0.508 e. The maximum absolute atomic E-state index is 12.7. The number of hydrogen-bond donors (Lipinski definition) is 1. The van der Waals surface area contributed by atoms with Crippen LogP contribution in [0.1, 0.15) is 32.3 Å². The molecule has 1 N–H and O–H groups in total. The summed E-state index contributed by atoms with van der Waals surface area (Å²) in [4.78, 5) is 24.8. The van der Waals surface area contributed by atoms with Crippen molar-refractivity contribution in [2.24, 2.45) is 0 Å². The van der Waals surface area contributed by atoms with Crippen LogP contribution in [0.15, 0.2) is 43.0 Å². The fourth-order valence-corrected chi connectivity index (χ4v) is 3.75. The third kappa shape index (κ3) is 7.17. The lowest BCUT2D eigenvalue weighted by atomic mass is 9.95. The molecule has 3 rings (SSSR count).